The van der Waals surface area contributed by atoms with Crippen molar-refractivity contribution in [3.05, 3.63) is 12.2 Å². The second-order valence-corrected chi connectivity index (χ2v) is 7.10. The van der Waals surface area contributed by atoms with Crippen LogP contribution in [0.1, 0.15) is 12.8 Å². The molecule has 0 spiro atoms. The zero-order valence-corrected chi connectivity index (χ0v) is 12.3. The van der Waals surface area contributed by atoms with Crippen LogP contribution in [0, 0.1) is 47.3 Å². The normalized spacial score (nSPS) is 49.9. The first-order valence-corrected chi connectivity index (χ1v) is 7.75. The van der Waals surface area contributed by atoms with Gasteiger partial charge in [0.1, 0.15) is 0 Å². The van der Waals surface area contributed by atoms with Gasteiger partial charge in [0.25, 0.3) is 5.97 Å². The molecule has 2 N–H and O–H groups in total. The third-order valence-electron chi connectivity index (χ3n) is 6.72. The summed E-state index contributed by atoms with van der Waals surface area (Å²) in [5, 5.41) is 20.3. The molecule has 5 heteroatoms. The maximum absolute atomic E-state index is 11.8. The van der Waals surface area contributed by atoms with Gasteiger partial charge in [0, 0.05) is 14.2 Å². The van der Waals surface area contributed by atoms with E-state index in [1.54, 1.807) is 0 Å². The van der Waals surface area contributed by atoms with E-state index in [1.807, 2.05) is 0 Å². The maximum Gasteiger partial charge on any atom is 0.307 e. The van der Waals surface area contributed by atoms with Gasteiger partial charge in [-0.3, -0.25) is 4.79 Å². The first-order chi connectivity index (χ1) is 10.0. The largest absolute Gasteiger partial charge is 0.481 e. The number of aliphatic carboxylic acids is 1. The van der Waals surface area contributed by atoms with Crippen LogP contribution in [0.4, 0.5) is 0 Å². The summed E-state index contributed by atoms with van der Waals surface area (Å²) in [6.45, 7) is 0. The molecule has 8 unspecified atom stereocenters. The summed E-state index contributed by atoms with van der Waals surface area (Å²) in [5.74, 6) is -1.32. The standard InChI is InChI=1S/C16H22O5/c1-20-16(19,21-2)14-10-6-9(13(14)15(17)18)11-7-3-4-8(5-7)12(10)11/h3-4,7-14,19H,5-6H2,1-2H3,(H,17,18). The summed E-state index contributed by atoms with van der Waals surface area (Å²) in [4.78, 5) is 11.8. The van der Waals surface area contributed by atoms with E-state index in [0.717, 1.165) is 12.8 Å². The highest BCUT2D eigenvalue weighted by atomic mass is 16.8. The molecule has 0 heterocycles. The Kier molecular flexibility index (Phi) is 2.82. The summed E-state index contributed by atoms with van der Waals surface area (Å²) in [7, 11) is 2.76. The lowest BCUT2D eigenvalue weighted by molar-refractivity contribution is -0.381. The molecule has 0 amide bonds. The third kappa shape index (κ3) is 1.54. The number of aliphatic hydroxyl groups is 1. The number of methoxy groups -OCH3 is 2. The fourth-order valence-electron chi connectivity index (χ4n) is 6.23. The Bertz CT molecular complexity index is 497. The Hall–Kier alpha value is -0.910. The van der Waals surface area contributed by atoms with Gasteiger partial charge in [-0.1, -0.05) is 12.2 Å². The molecule has 4 bridgehead atoms. The summed E-state index contributed by atoms with van der Waals surface area (Å²) in [6, 6.07) is 0. The van der Waals surface area contributed by atoms with Crippen molar-refractivity contribution in [3.63, 3.8) is 0 Å². The molecule has 21 heavy (non-hydrogen) atoms. The van der Waals surface area contributed by atoms with Crippen molar-refractivity contribution < 1.29 is 24.5 Å². The van der Waals surface area contributed by atoms with Crippen LogP contribution in [0.3, 0.4) is 0 Å². The van der Waals surface area contributed by atoms with Gasteiger partial charge in [0.2, 0.25) is 0 Å². The Morgan fingerprint density at radius 1 is 1.10 bits per heavy atom. The van der Waals surface area contributed by atoms with Crippen molar-refractivity contribution in [1.82, 2.24) is 0 Å². The number of ether oxygens (including phenoxy) is 2. The number of carboxylic acids is 1. The quantitative estimate of drug-likeness (QED) is 0.465. The average Bonchev–Trinajstić information content (AvgIpc) is 3.21. The highest BCUT2D eigenvalue weighted by Crippen LogP contribution is 2.70. The van der Waals surface area contributed by atoms with Crippen LogP contribution in [0.25, 0.3) is 0 Å². The van der Waals surface area contributed by atoms with Crippen LogP contribution >= 0.6 is 0 Å². The van der Waals surface area contributed by atoms with Crippen LogP contribution in [0.5, 0.6) is 0 Å². The van der Waals surface area contributed by atoms with E-state index in [4.69, 9.17) is 9.47 Å². The van der Waals surface area contributed by atoms with E-state index in [0.29, 0.717) is 23.7 Å². The predicted molar refractivity (Wildman–Crippen MR) is 72.9 cm³/mol. The van der Waals surface area contributed by atoms with Crippen LogP contribution in [-0.4, -0.2) is 36.4 Å². The molecule has 0 aromatic rings. The number of hydrogen-bond acceptors (Lipinski definition) is 4. The second kappa shape index (κ2) is 4.31. The molecule has 0 radical (unpaired) electrons. The monoisotopic (exact) mass is 294 g/mol. The van der Waals surface area contributed by atoms with Gasteiger partial charge in [-0.15, -0.1) is 0 Å². The number of carbonyl (C=O) groups is 1. The van der Waals surface area contributed by atoms with Gasteiger partial charge in [-0.25, -0.2) is 0 Å². The molecule has 3 fully saturated rings. The van der Waals surface area contributed by atoms with Crippen molar-refractivity contribution in [2.45, 2.75) is 18.8 Å². The van der Waals surface area contributed by atoms with Gasteiger partial charge >= 0.3 is 5.97 Å². The lowest BCUT2D eigenvalue weighted by atomic mass is 9.64. The SMILES string of the molecule is COC(O)(OC)C1C2CC(C1C(=O)O)C1C3C=CC(C3)C21. The first-order valence-electron chi connectivity index (χ1n) is 7.75. The van der Waals surface area contributed by atoms with E-state index < -0.39 is 23.8 Å². The Balaban J connectivity index is 1.75. The van der Waals surface area contributed by atoms with Crippen LogP contribution in [0.2, 0.25) is 0 Å². The highest BCUT2D eigenvalue weighted by molar-refractivity contribution is 5.72. The third-order valence-corrected chi connectivity index (χ3v) is 6.72. The molecule has 0 aliphatic heterocycles. The number of fused-ring (bicyclic) bond motifs is 9. The van der Waals surface area contributed by atoms with Gasteiger partial charge < -0.3 is 19.7 Å². The molecular weight excluding hydrogens is 272 g/mol. The number of carboxylic acid groups (broad SMARTS) is 1. The highest BCUT2D eigenvalue weighted by Gasteiger charge is 2.70. The molecule has 5 nitrogen and oxygen atoms in total. The maximum atomic E-state index is 11.8. The minimum absolute atomic E-state index is 0.138. The minimum atomic E-state index is -1.79. The molecule has 4 rings (SSSR count). The lowest BCUT2D eigenvalue weighted by Gasteiger charge is -2.45. The van der Waals surface area contributed by atoms with Crippen LogP contribution < -0.4 is 0 Å². The lowest BCUT2D eigenvalue weighted by Crippen LogP contribution is -2.53. The molecule has 0 aromatic carbocycles. The molecule has 0 aromatic heterocycles. The van der Waals surface area contributed by atoms with E-state index in [9.17, 15) is 15.0 Å². The molecule has 0 saturated heterocycles. The fourth-order valence-corrected chi connectivity index (χ4v) is 6.23. The Morgan fingerprint density at radius 3 is 2.19 bits per heavy atom. The van der Waals surface area contributed by atoms with Gasteiger partial charge in [0.15, 0.2) is 0 Å². The smallest absolute Gasteiger partial charge is 0.307 e. The van der Waals surface area contributed by atoms with Crippen molar-refractivity contribution in [1.29, 1.82) is 0 Å². The first kappa shape index (κ1) is 13.7. The second-order valence-electron chi connectivity index (χ2n) is 7.10. The van der Waals surface area contributed by atoms with Crippen LogP contribution in [-0.2, 0) is 14.3 Å². The minimum Gasteiger partial charge on any atom is -0.481 e. The van der Waals surface area contributed by atoms with E-state index >= 15 is 0 Å². The summed E-state index contributed by atoms with van der Waals surface area (Å²) < 4.78 is 10.4. The van der Waals surface area contributed by atoms with Gasteiger partial charge in [-0.05, 0) is 48.3 Å². The molecule has 4 aliphatic rings. The summed E-state index contributed by atoms with van der Waals surface area (Å²) in [6.07, 6.45) is 6.60. The predicted octanol–water partition coefficient (Wildman–Crippen LogP) is 1.33. The average molecular weight is 294 g/mol. The van der Waals surface area contributed by atoms with Crippen molar-refractivity contribution in [3.8, 4) is 0 Å². The summed E-state index contributed by atoms with van der Waals surface area (Å²) >= 11 is 0. The Morgan fingerprint density at radius 2 is 1.67 bits per heavy atom. The fraction of sp³-hybridized carbons (Fsp3) is 0.812. The number of allylic oxidation sites excluding steroid dienone is 2. The molecular formula is C16H22O5. The summed E-state index contributed by atoms with van der Waals surface area (Å²) in [5.41, 5.74) is 0. The van der Waals surface area contributed by atoms with Gasteiger partial charge in [0.05, 0.1) is 11.8 Å². The van der Waals surface area contributed by atoms with E-state index in [2.05, 4.69) is 12.2 Å². The van der Waals surface area contributed by atoms with Gasteiger partial charge in [-0.2, -0.15) is 0 Å². The molecule has 3 saturated carbocycles. The van der Waals surface area contributed by atoms with Crippen LogP contribution in [0.15, 0.2) is 12.2 Å². The zero-order chi connectivity index (χ0) is 14.9. The van der Waals surface area contributed by atoms with E-state index in [-0.39, 0.29) is 11.8 Å². The topological polar surface area (TPSA) is 76.0 Å². The van der Waals surface area contributed by atoms with Crippen molar-refractivity contribution in [2.24, 2.45) is 47.3 Å². The number of rotatable bonds is 4. The molecule has 8 atom stereocenters. The molecule has 4 aliphatic carbocycles. The molecule has 116 valence electrons. The van der Waals surface area contributed by atoms with Crippen molar-refractivity contribution in [2.75, 3.05) is 14.2 Å². The van der Waals surface area contributed by atoms with E-state index in [1.165, 1.54) is 14.2 Å². The zero-order valence-electron chi connectivity index (χ0n) is 12.3. The Labute approximate surface area is 123 Å². The van der Waals surface area contributed by atoms with Crippen molar-refractivity contribution >= 4 is 5.97 Å². The number of hydrogen-bond donors (Lipinski definition) is 2.